The van der Waals surface area contributed by atoms with Crippen molar-refractivity contribution in [1.29, 1.82) is 0 Å². The molecule has 146 valence electrons. The van der Waals surface area contributed by atoms with Crippen LogP contribution >= 0.6 is 0 Å². The first-order chi connectivity index (χ1) is 13.0. The number of nitrogens with one attached hydrogen (secondary N) is 1. The maximum absolute atomic E-state index is 13.1. The molecule has 2 aromatic rings. The number of hydrogen-bond acceptors (Lipinski definition) is 4. The largest absolute Gasteiger partial charge is 0.466 e. The molecule has 0 aliphatic carbocycles. The molecule has 2 rings (SSSR count). The quantitative estimate of drug-likeness (QED) is 0.504. The first-order valence-electron chi connectivity index (χ1n) is 9.73. The summed E-state index contributed by atoms with van der Waals surface area (Å²) in [6.07, 6.45) is 2.63. The fourth-order valence-electron chi connectivity index (χ4n) is 3.34. The Morgan fingerprint density at radius 1 is 1.15 bits per heavy atom. The van der Waals surface area contributed by atoms with E-state index in [1.807, 2.05) is 51.2 Å². The predicted molar refractivity (Wildman–Crippen MR) is 108 cm³/mol. The maximum atomic E-state index is 13.1. The molecular weight excluding hydrogens is 340 g/mol. The van der Waals surface area contributed by atoms with Gasteiger partial charge in [-0.3, -0.25) is 9.59 Å². The summed E-state index contributed by atoms with van der Waals surface area (Å²) >= 11 is 0. The van der Waals surface area contributed by atoms with Crippen molar-refractivity contribution in [2.24, 2.45) is 7.05 Å². The zero-order chi connectivity index (χ0) is 19.8. The average Bonchev–Trinajstić information content (AvgIpc) is 2.97. The van der Waals surface area contributed by atoms with Gasteiger partial charge in [0.05, 0.1) is 6.61 Å². The Morgan fingerprint density at radius 3 is 2.59 bits per heavy atom. The van der Waals surface area contributed by atoms with Gasteiger partial charge in [0.2, 0.25) is 0 Å². The number of aryl methyl sites for hydroxylation is 1. The maximum Gasteiger partial charge on any atom is 0.305 e. The molecule has 5 heteroatoms. The molecule has 1 aromatic carbocycles. The van der Waals surface area contributed by atoms with E-state index in [-0.39, 0.29) is 11.8 Å². The number of carbonyl (C=O) groups excluding carboxylic acids is 2. The van der Waals surface area contributed by atoms with Gasteiger partial charge in [-0.25, -0.2) is 0 Å². The van der Waals surface area contributed by atoms with Crippen molar-refractivity contribution < 1.29 is 14.3 Å². The molecule has 0 saturated carbocycles. The summed E-state index contributed by atoms with van der Waals surface area (Å²) < 4.78 is 7.07. The third kappa shape index (κ3) is 5.22. The number of esters is 1. The van der Waals surface area contributed by atoms with Crippen molar-refractivity contribution in [3.8, 4) is 0 Å². The summed E-state index contributed by atoms with van der Waals surface area (Å²) in [5.74, 6) is -0.127. The highest BCUT2D eigenvalue weighted by Crippen LogP contribution is 2.22. The summed E-state index contributed by atoms with van der Waals surface area (Å²) in [6, 6.07) is 9.61. The van der Waals surface area contributed by atoms with Gasteiger partial charge in [-0.1, -0.05) is 19.1 Å². The van der Waals surface area contributed by atoms with Gasteiger partial charge in [0, 0.05) is 48.2 Å². The third-order valence-corrected chi connectivity index (χ3v) is 4.66. The van der Waals surface area contributed by atoms with Gasteiger partial charge in [0.25, 0.3) is 0 Å². The van der Waals surface area contributed by atoms with Crippen LogP contribution in [-0.4, -0.2) is 29.5 Å². The molecule has 0 bridgehead atoms. The second-order valence-electron chi connectivity index (χ2n) is 6.51. The molecule has 0 aliphatic heterocycles. The van der Waals surface area contributed by atoms with E-state index in [0.717, 1.165) is 42.0 Å². The minimum Gasteiger partial charge on any atom is -0.466 e. The van der Waals surface area contributed by atoms with Gasteiger partial charge in [-0.2, -0.15) is 0 Å². The van der Waals surface area contributed by atoms with Crippen LogP contribution in [0.3, 0.4) is 0 Å². The molecule has 1 heterocycles. The number of ketones is 1. The Kier molecular flexibility index (Phi) is 7.65. The van der Waals surface area contributed by atoms with Crippen LogP contribution in [0.1, 0.15) is 60.9 Å². The lowest BCUT2D eigenvalue weighted by molar-refractivity contribution is -0.143. The SMILES string of the molecule is CCNc1cccc(C(=O)c2cc(CCCC(=O)OCC)n(C)c2CC)c1. The van der Waals surface area contributed by atoms with Crippen LogP contribution in [0.4, 0.5) is 5.69 Å². The number of carbonyl (C=O) groups is 2. The first kappa shape index (κ1) is 20.7. The van der Waals surface area contributed by atoms with Crippen molar-refractivity contribution in [3.63, 3.8) is 0 Å². The summed E-state index contributed by atoms with van der Waals surface area (Å²) in [7, 11) is 1.99. The molecule has 27 heavy (non-hydrogen) atoms. The molecule has 0 amide bonds. The smallest absolute Gasteiger partial charge is 0.305 e. The highest BCUT2D eigenvalue weighted by atomic mass is 16.5. The Bertz CT molecular complexity index is 793. The van der Waals surface area contributed by atoms with E-state index in [4.69, 9.17) is 4.74 Å². The molecule has 1 N–H and O–H groups in total. The Balaban J connectivity index is 2.20. The van der Waals surface area contributed by atoms with Gasteiger partial charge in [-0.15, -0.1) is 0 Å². The van der Waals surface area contributed by atoms with Crippen LogP contribution in [0, 0.1) is 0 Å². The minimum atomic E-state index is -0.168. The molecule has 0 spiro atoms. The van der Waals surface area contributed by atoms with Crippen LogP contribution < -0.4 is 5.32 Å². The van der Waals surface area contributed by atoms with E-state index < -0.39 is 0 Å². The van der Waals surface area contributed by atoms with Crippen molar-refractivity contribution >= 4 is 17.4 Å². The van der Waals surface area contributed by atoms with Crippen LogP contribution in [0.2, 0.25) is 0 Å². The van der Waals surface area contributed by atoms with E-state index >= 15 is 0 Å². The summed E-state index contributed by atoms with van der Waals surface area (Å²) in [5, 5.41) is 3.25. The van der Waals surface area contributed by atoms with Crippen LogP contribution in [0.5, 0.6) is 0 Å². The number of anilines is 1. The standard InChI is InChI=1S/C22H30N2O3/c1-5-20-19(22(26)16-10-8-11-17(14-16)23-6-2)15-18(24(20)4)12-9-13-21(25)27-7-3/h8,10-11,14-15,23H,5-7,9,12-13H2,1-4H3. The lowest BCUT2D eigenvalue weighted by atomic mass is 10.0. The fourth-order valence-corrected chi connectivity index (χ4v) is 3.34. The zero-order valence-electron chi connectivity index (χ0n) is 16.8. The van der Waals surface area contributed by atoms with E-state index in [0.29, 0.717) is 25.0 Å². The Hall–Kier alpha value is -2.56. The summed E-state index contributed by atoms with van der Waals surface area (Å²) in [5.41, 5.74) is 4.49. The molecule has 0 radical (unpaired) electrons. The zero-order valence-corrected chi connectivity index (χ0v) is 16.8. The highest BCUT2D eigenvalue weighted by Gasteiger charge is 2.19. The van der Waals surface area contributed by atoms with Crippen molar-refractivity contribution in [3.05, 3.63) is 52.8 Å². The van der Waals surface area contributed by atoms with Crippen molar-refractivity contribution in [1.82, 2.24) is 4.57 Å². The molecule has 0 unspecified atom stereocenters. The molecule has 0 saturated heterocycles. The van der Waals surface area contributed by atoms with Gasteiger partial charge in [0.15, 0.2) is 5.78 Å². The Morgan fingerprint density at radius 2 is 1.93 bits per heavy atom. The second kappa shape index (κ2) is 9.95. The normalized spacial score (nSPS) is 10.7. The lowest BCUT2D eigenvalue weighted by Gasteiger charge is -2.08. The number of nitrogens with zero attached hydrogens (tertiary/aromatic N) is 1. The number of hydrogen-bond donors (Lipinski definition) is 1. The first-order valence-corrected chi connectivity index (χ1v) is 9.73. The number of ether oxygens (including phenoxy) is 1. The number of rotatable bonds is 10. The van der Waals surface area contributed by atoms with Crippen LogP contribution in [0.15, 0.2) is 30.3 Å². The lowest BCUT2D eigenvalue weighted by Crippen LogP contribution is -2.07. The second-order valence-corrected chi connectivity index (χ2v) is 6.51. The molecule has 1 aromatic heterocycles. The average molecular weight is 370 g/mol. The summed E-state index contributed by atoms with van der Waals surface area (Å²) in [6.45, 7) is 7.12. The van der Waals surface area contributed by atoms with Crippen LogP contribution in [0.25, 0.3) is 0 Å². The topological polar surface area (TPSA) is 60.3 Å². The van der Waals surface area contributed by atoms with Gasteiger partial charge >= 0.3 is 5.97 Å². The van der Waals surface area contributed by atoms with Gasteiger partial charge in [0.1, 0.15) is 0 Å². The molecular formula is C22H30N2O3. The summed E-state index contributed by atoms with van der Waals surface area (Å²) in [4.78, 5) is 24.6. The number of aromatic nitrogens is 1. The van der Waals surface area contributed by atoms with E-state index in [2.05, 4.69) is 16.8 Å². The van der Waals surface area contributed by atoms with Gasteiger partial charge < -0.3 is 14.6 Å². The molecule has 0 atom stereocenters. The van der Waals surface area contributed by atoms with Gasteiger partial charge in [-0.05, 0) is 51.3 Å². The van der Waals surface area contributed by atoms with E-state index in [1.165, 1.54) is 0 Å². The number of benzene rings is 1. The minimum absolute atomic E-state index is 0.0406. The monoisotopic (exact) mass is 370 g/mol. The van der Waals surface area contributed by atoms with Crippen LogP contribution in [-0.2, 0) is 29.4 Å². The van der Waals surface area contributed by atoms with Crippen molar-refractivity contribution in [2.45, 2.75) is 46.5 Å². The highest BCUT2D eigenvalue weighted by molar-refractivity contribution is 6.10. The fraction of sp³-hybridized carbons (Fsp3) is 0.455. The predicted octanol–water partition coefficient (Wildman–Crippen LogP) is 4.14. The third-order valence-electron chi connectivity index (χ3n) is 4.66. The Labute approximate surface area is 161 Å². The van der Waals surface area contributed by atoms with Crippen molar-refractivity contribution in [2.75, 3.05) is 18.5 Å². The molecule has 0 fully saturated rings. The van der Waals surface area contributed by atoms with E-state index in [1.54, 1.807) is 0 Å². The van der Waals surface area contributed by atoms with E-state index in [9.17, 15) is 9.59 Å². The molecule has 0 aliphatic rings. The molecule has 5 nitrogen and oxygen atoms in total.